The van der Waals surface area contributed by atoms with Crippen molar-refractivity contribution < 1.29 is 37.2 Å². The summed E-state index contributed by atoms with van der Waals surface area (Å²) < 4.78 is 37.6. The first-order valence-corrected chi connectivity index (χ1v) is 10.3. The zero-order chi connectivity index (χ0) is 23.0. The van der Waals surface area contributed by atoms with Crippen molar-refractivity contribution in [1.82, 2.24) is 20.3 Å². The summed E-state index contributed by atoms with van der Waals surface area (Å²) in [6.07, 6.45) is -1.63. The van der Waals surface area contributed by atoms with Crippen LogP contribution in [0.4, 0.5) is 13.2 Å². The first kappa shape index (κ1) is 22.2. The van der Waals surface area contributed by atoms with E-state index >= 15 is 0 Å². The molecule has 2 saturated heterocycles. The van der Waals surface area contributed by atoms with E-state index in [2.05, 4.69) is 15.1 Å². The lowest BCUT2D eigenvalue weighted by Crippen LogP contribution is -2.55. The number of imide groups is 1. The first-order valence-electron chi connectivity index (χ1n) is 10.3. The fourth-order valence-corrected chi connectivity index (χ4v) is 4.36. The summed E-state index contributed by atoms with van der Waals surface area (Å²) in [5.41, 5.74) is 1.82. The second-order valence-corrected chi connectivity index (χ2v) is 8.07. The smallest absolute Gasteiger partial charge is 0.322 e. The van der Waals surface area contributed by atoms with Gasteiger partial charge in [-0.2, -0.15) is 13.2 Å². The number of hydrogen-bond acceptors (Lipinski definition) is 7. The van der Waals surface area contributed by atoms with Crippen LogP contribution in [0.15, 0.2) is 12.3 Å². The van der Waals surface area contributed by atoms with E-state index in [4.69, 9.17) is 0 Å². The Hall–Kier alpha value is -3.02. The summed E-state index contributed by atoms with van der Waals surface area (Å²) in [5.74, 6) is -4.98. The van der Waals surface area contributed by atoms with Crippen LogP contribution < -0.4 is 5.32 Å². The summed E-state index contributed by atoms with van der Waals surface area (Å²) in [6.45, 7) is 1.86. The molecule has 32 heavy (non-hydrogen) atoms. The molecule has 2 fully saturated rings. The van der Waals surface area contributed by atoms with Crippen LogP contribution in [-0.2, 0) is 32.2 Å². The quantitative estimate of drug-likeness (QED) is 0.679. The van der Waals surface area contributed by atoms with Gasteiger partial charge >= 0.3 is 12.1 Å². The number of amides is 3. The van der Waals surface area contributed by atoms with Crippen LogP contribution in [0.2, 0.25) is 0 Å². The number of nitrogens with zero attached hydrogens (tertiary/aromatic N) is 3. The van der Waals surface area contributed by atoms with Gasteiger partial charge < -0.3 is 15.1 Å². The van der Waals surface area contributed by atoms with Crippen molar-refractivity contribution in [2.75, 3.05) is 13.1 Å². The maximum absolute atomic E-state index is 13.0. The third kappa shape index (κ3) is 4.18. The average molecular weight is 454 g/mol. The summed E-state index contributed by atoms with van der Waals surface area (Å²) in [4.78, 5) is 58.5. The van der Waals surface area contributed by atoms with Gasteiger partial charge in [-0.15, -0.1) is 5.06 Å². The highest BCUT2D eigenvalue weighted by Crippen LogP contribution is 2.32. The van der Waals surface area contributed by atoms with Gasteiger partial charge in [0.1, 0.15) is 6.04 Å². The van der Waals surface area contributed by atoms with Crippen LogP contribution >= 0.6 is 0 Å². The third-order valence-corrected chi connectivity index (χ3v) is 6.03. The Labute approximate surface area is 180 Å². The van der Waals surface area contributed by atoms with Crippen molar-refractivity contribution >= 4 is 23.7 Å². The van der Waals surface area contributed by atoms with E-state index in [1.54, 1.807) is 6.07 Å². The number of alkyl halides is 3. The summed E-state index contributed by atoms with van der Waals surface area (Å²) >= 11 is 0. The van der Waals surface area contributed by atoms with Crippen LogP contribution in [0, 0.1) is 5.92 Å². The third-order valence-electron chi connectivity index (χ3n) is 6.03. The van der Waals surface area contributed by atoms with Crippen molar-refractivity contribution in [3.8, 4) is 0 Å². The van der Waals surface area contributed by atoms with E-state index in [0.717, 1.165) is 31.6 Å². The maximum atomic E-state index is 13.0. The lowest BCUT2D eigenvalue weighted by atomic mass is 9.91. The molecule has 0 radical (unpaired) electrons. The number of fused-ring (bicyclic) bond motifs is 1. The molecule has 3 aliphatic heterocycles. The predicted molar refractivity (Wildman–Crippen MR) is 100 cm³/mol. The zero-order valence-corrected chi connectivity index (χ0v) is 17.0. The van der Waals surface area contributed by atoms with Gasteiger partial charge in [-0.25, -0.2) is 4.79 Å². The van der Waals surface area contributed by atoms with Gasteiger partial charge in [0.25, 0.3) is 17.7 Å². The minimum Gasteiger partial charge on any atom is -0.322 e. The van der Waals surface area contributed by atoms with E-state index in [9.17, 15) is 32.3 Å². The number of hydroxylamine groups is 2. The number of pyridine rings is 1. The molecule has 1 unspecified atom stereocenters. The minimum absolute atomic E-state index is 0.0496. The molecule has 1 aromatic rings. The number of carbonyl (C=O) groups is 4. The van der Waals surface area contributed by atoms with Gasteiger partial charge in [-0.05, 0) is 50.8 Å². The molecule has 3 amide bonds. The van der Waals surface area contributed by atoms with Gasteiger partial charge in [-0.3, -0.25) is 19.4 Å². The molecular formula is C20H21F3N4O5. The Morgan fingerprint density at radius 3 is 2.59 bits per heavy atom. The lowest BCUT2D eigenvalue weighted by Gasteiger charge is -2.33. The molecule has 3 aliphatic rings. The molecule has 0 aliphatic carbocycles. The molecule has 0 bridgehead atoms. The highest BCUT2D eigenvalue weighted by atomic mass is 19.4. The van der Waals surface area contributed by atoms with Crippen molar-refractivity contribution in [1.29, 1.82) is 0 Å². The maximum Gasteiger partial charge on any atom is 0.493 e. The molecule has 0 aromatic carbocycles. The summed E-state index contributed by atoms with van der Waals surface area (Å²) in [5, 5.41) is 3.11. The van der Waals surface area contributed by atoms with Gasteiger partial charge in [-0.1, -0.05) is 0 Å². The molecule has 1 atom stereocenters. The molecule has 172 valence electrons. The van der Waals surface area contributed by atoms with Crippen molar-refractivity contribution in [2.45, 2.75) is 50.9 Å². The Kier molecular flexibility index (Phi) is 5.89. The monoisotopic (exact) mass is 454 g/mol. The van der Waals surface area contributed by atoms with E-state index in [-0.39, 0.29) is 24.4 Å². The zero-order valence-electron chi connectivity index (χ0n) is 17.0. The SMILES string of the molecule is O=C1CCC(N2Cc3c(ccnc3CC3CCNCC3)C2=O)C(=O)N1OC(=O)C(F)(F)F. The Bertz CT molecular complexity index is 961. The standard InChI is InChI=1S/C20H21F3N4O5/c21-20(22,23)19(31)32-27-16(28)2-1-15(18(27)30)26-10-13-12(17(26)29)5-8-25-14(13)9-11-3-6-24-7-4-11/h5,8,11,15,24H,1-4,6-7,9-10H2. The molecule has 4 rings (SSSR count). The summed E-state index contributed by atoms with van der Waals surface area (Å²) in [7, 11) is 0. The second-order valence-electron chi connectivity index (χ2n) is 8.07. The highest BCUT2D eigenvalue weighted by Gasteiger charge is 2.49. The van der Waals surface area contributed by atoms with Crippen LogP contribution in [0.3, 0.4) is 0 Å². The van der Waals surface area contributed by atoms with Crippen LogP contribution in [0.5, 0.6) is 0 Å². The average Bonchev–Trinajstić information content (AvgIpc) is 3.08. The fourth-order valence-electron chi connectivity index (χ4n) is 4.36. The van der Waals surface area contributed by atoms with E-state index < -0.39 is 35.9 Å². The van der Waals surface area contributed by atoms with Crippen molar-refractivity contribution in [3.05, 3.63) is 29.1 Å². The first-order chi connectivity index (χ1) is 15.2. The lowest BCUT2D eigenvalue weighted by molar-refractivity contribution is -0.238. The predicted octanol–water partition coefficient (Wildman–Crippen LogP) is 1.12. The Balaban J connectivity index is 1.52. The van der Waals surface area contributed by atoms with Crippen LogP contribution in [-0.4, -0.2) is 63.9 Å². The Morgan fingerprint density at radius 1 is 1.19 bits per heavy atom. The topological polar surface area (TPSA) is 109 Å². The second kappa shape index (κ2) is 8.49. The fraction of sp³-hybridized carbons (Fsp3) is 0.550. The molecule has 4 heterocycles. The molecule has 1 aromatic heterocycles. The molecule has 1 N–H and O–H groups in total. The number of rotatable bonds is 4. The highest BCUT2D eigenvalue weighted by molar-refractivity contribution is 6.05. The van der Waals surface area contributed by atoms with E-state index in [0.29, 0.717) is 23.5 Å². The molecule has 0 spiro atoms. The number of halogens is 3. The number of aromatic nitrogens is 1. The molecule has 0 saturated carbocycles. The van der Waals surface area contributed by atoms with Crippen LogP contribution in [0.1, 0.15) is 47.3 Å². The molecule has 9 nitrogen and oxygen atoms in total. The van der Waals surface area contributed by atoms with Crippen molar-refractivity contribution in [3.63, 3.8) is 0 Å². The normalized spacial score (nSPS) is 22.3. The summed E-state index contributed by atoms with van der Waals surface area (Å²) in [6, 6.07) is 0.323. The number of nitrogens with one attached hydrogen (secondary N) is 1. The number of carbonyl (C=O) groups excluding carboxylic acids is 4. The van der Waals surface area contributed by atoms with Crippen molar-refractivity contribution in [2.24, 2.45) is 5.92 Å². The van der Waals surface area contributed by atoms with Crippen LogP contribution in [0.25, 0.3) is 0 Å². The van der Waals surface area contributed by atoms with E-state index in [1.165, 1.54) is 11.1 Å². The van der Waals surface area contributed by atoms with Gasteiger partial charge in [0.2, 0.25) is 0 Å². The number of piperidine rings is 2. The molecular weight excluding hydrogens is 433 g/mol. The molecule has 12 heteroatoms. The number of hydrogen-bond donors (Lipinski definition) is 1. The van der Waals surface area contributed by atoms with Gasteiger partial charge in [0, 0.05) is 36.0 Å². The van der Waals surface area contributed by atoms with E-state index in [1.807, 2.05) is 0 Å². The Morgan fingerprint density at radius 2 is 1.91 bits per heavy atom. The van der Waals surface area contributed by atoms with Gasteiger partial charge in [0.15, 0.2) is 0 Å². The largest absolute Gasteiger partial charge is 0.493 e. The minimum atomic E-state index is -5.37. The van der Waals surface area contributed by atoms with Gasteiger partial charge in [0.05, 0.1) is 0 Å².